The smallest absolute Gasteiger partial charge is 0.349 e. The molecule has 2 aromatic carbocycles. The Morgan fingerprint density at radius 3 is 2.66 bits per heavy atom. The highest BCUT2D eigenvalue weighted by Crippen LogP contribution is 2.29. The number of fused-ring (bicyclic) bond motifs is 1. The van der Waals surface area contributed by atoms with Gasteiger partial charge < -0.3 is 24.5 Å². The minimum Gasteiger partial charge on any atom is -0.508 e. The van der Waals surface area contributed by atoms with Crippen LogP contribution in [0.15, 0.2) is 56.3 Å². The normalized spacial score (nSPS) is 11.8. The first-order valence-corrected chi connectivity index (χ1v) is 9.07. The fourth-order valence-corrected chi connectivity index (χ4v) is 2.84. The van der Waals surface area contributed by atoms with Gasteiger partial charge >= 0.3 is 5.63 Å². The van der Waals surface area contributed by atoms with Crippen LogP contribution in [0.3, 0.4) is 0 Å². The summed E-state index contributed by atoms with van der Waals surface area (Å²) in [6, 6.07) is 9.85. The summed E-state index contributed by atoms with van der Waals surface area (Å²) in [4.78, 5) is 24.6. The number of phenolic OH excluding ortho intramolecular Hbond substituents is 2. The topological polar surface area (TPSA) is 165 Å². The van der Waals surface area contributed by atoms with E-state index in [1.54, 1.807) is 6.07 Å². The number of hydrogen-bond acceptors (Lipinski definition) is 9. The van der Waals surface area contributed by atoms with E-state index in [9.17, 15) is 30.2 Å². The van der Waals surface area contributed by atoms with Gasteiger partial charge in [-0.1, -0.05) is 6.07 Å². The van der Waals surface area contributed by atoms with Crippen LogP contribution in [0, 0.1) is 11.3 Å². The molecule has 4 N–H and O–H groups in total. The van der Waals surface area contributed by atoms with E-state index in [-0.39, 0.29) is 45.1 Å². The molecule has 0 aliphatic carbocycles. The minimum absolute atomic E-state index is 0.0212. The van der Waals surface area contributed by atoms with Crippen LogP contribution in [0.4, 0.5) is 0 Å². The molecule has 0 fully saturated rings. The Morgan fingerprint density at radius 1 is 1.22 bits per heavy atom. The lowest BCUT2D eigenvalue weighted by atomic mass is 10.1. The van der Waals surface area contributed by atoms with Crippen LogP contribution in [-0.2, 0) is 4.79 Å². The highest BCUT2D eigenvalue weighted by atomic mass is 16.5. The predicted molar refractivity (Wildman–Crippen MR) is 114 cm³/mol. The standard InChI is InChI=1S/C22H17N3O7/c1-11(19-20(28)15-5-4-14(26)9-17(15)32-22(19)30)24-25-21(29)13(10-23)7-12-3-6-16(27)18(8-12)31-2/h3-9,26-28H,1-2H3,(H,25,29)/b13-7+,24-11+. The van der Waals surface area contributed by atoms with E-state index in [1.807, 2.05) is 0 Å². The molecule has 1 aromatic heterocycles. The van der Waals surface area contributed by atoms with Crippen molar-refractivity contribution in [3.05, 3.63) is 63.5 Å². The lowest BCUT2D eigenvalue weighted by molar-refractivity contribution is -0.117. The average Bonchev–Trinajstić information content (AvgIpc) is 2.76. The number of benzene rings is 2. The molecule has 1 amide bonds. The SMILES string of the molecule is COc1cc(/C=C(\C#N)C(=O)N/N=C(\C)c2c(O)c3ccc(O)cc3oc2=O)ccc1O. The number of hydrogen-bond donors (Lipinski definition) is 4. The largest absolute Gasteiger partial charge is 0.508 e. The van der Waals surface area contributed by atoms with Crippen molar-refractivity contribution in [2.24, 2.45) is 5.10 Å². The fraction of sp³-hybridized carbons (Fsp3) is 0.0909. The quantitative estimate of drug-likeness (QED) is 0.156. The van der Waals surface area contributed by atoms with Crippen molar-refractivity contribution < 1.29 is 29.3 Å². The number of nitriles is 1. The zero-order chi connectivity index (χ0) is 23.4. The van der Waals surface area contributed by atoms with Gasteiger partial charge in [0.1, 0.15) is 34.3 Å². The molecule has 0 saturated heterocycles. The van der Waals surface area contributed by atoms with Crippen LogP contribution >= 0.6 is 0 Å². The summed E-state index contributed by atoms with van der Waals surface area (Å²) in [5.41, 5.74) is 0.965. The molecule has 0 atom stereocenters. The Labute approximate surface area is 180 Å². The van der Waals surface area contributed by atoms with E-state index < -0.39 is 17.3 Å². The second-order valence-corrected chi connectivity index (χ2v) is 6.53. The van der Waals surface area contributed by atoms with Crippen LogP contribution in [-0.4, -0.2) is 34.0 Å². The first kappa shape index (κ1) is 21.9. The summed E-state index contributed by atoms with van der Waals surface area (Å²) in [5.74, 6) is -1.38. The van der Waals surface area contributed by atoms with E-state index in [2.05, 4.69) is 10.5 Å². The van der Waals surface area contributed by atoms with Crippen molar-refractivity contribution in [3.8, 4) is 29.1 Å². The van der Waals surface area contributed by atoms with E-state index in [4.69, 9.17) is 9.15 Å². The number of carbonyl (C=O) groups is 1. The Morgan fingerprint density at radius 2 is 1.97 bits per heavy atom. The number of carbonyl (C=O) groups excluding carboxylic acids is 1. The van der Waals surface area contributed by atoms with Crippen LogP contribution in [0.1, 0.15) is 18.1 Å². The van der Waals surface area contributed by atoms with Gasteiger partial charge in [-0.3, -0.25) is 4.79 Å². The van der Waals surface area contributed by atoms with E-state index in [0.29, 0.717) is 5.56 Å². The van der Waals surface area contributed by atoms with Crippen LogP contribution in [0.25, 0.3) is 17.0 Å². The first-order chi connectivity index (χ1) is 15.2. The second-order valence-electron chi connectivity index (χ2n) is 6.53. The van der Waals surface area contributed by atoms with Crippen molar-refractivity contribution in [2.45, 2.75) is 6.92 Å². The molecule has 10 heteroatoms. The van der Waals surface area contributed by atoms with Crippen LogP contribution in [0.2, 0.25) is 0 Å². The monoisotopic (exact) mass is 435 g/mol. The van der Waals surface area contributed by atoms with E-state index in [1.165, 1.54) is 56.5 Å². The number of nitrogens with one attached hydrogen (secondary N) is 1. The van der Waals surface area contributed by atoms with Gasteiger partial charge in [-0.05, 0) is 42.8 Å². The molecule has 32 heavy (non-hydrogen) atoms. The number of hydrazone groups is 1. The van der Waals surface area contributed by atoms with Crippen LogP contribution in [0.5, 0.6) is 23.0 Å². The van der Waals surface area contributed by atoms with Crippen LogP contribution < -0.4 is 15.8 Å². The van der Waals surface area contributed by atoms with Gasteiger partial charge in [0, 0.05) is 6.07 Å². The predicted octanol–water partition coefficient (Wildman–Crippen LogP) is 2.37. The third kappa shape index (κ3) is 4.36. The van der Waals surface area contributed by atoms with Gasteiger partial charge in [-0.25, -0.2) is 10.2 Å². The molecule has 1 heterocycles. The number of phenols is 2. The summed E-state index contributed by atoms with van der Waals surface area (Å²) in [7, 11) is 1.36. The fourth-order valence-electron chi connectivity index (χ4n) is 2.84. The Hall–Kier alpha value is -4.78. The molecule has 0 aliphatic rings. The summed E-state index contributed by atoms with van der Waals surface area (Å²) in [6.45, 7) is 1.36. The number of amides is 1. The molecule has 0 saturated carbocycles. The van der Waals surface area contributed by atoms with Gasteiger partial charge in [0.05, 0.1) is 18.2 Å². The maximum atomic E-state index is 12.4. The molecule has 0 unspecified atom stereocenters. The molecule has 3 aromatic rings. The maximum Gasteiger partial charge on any atom is 0.349 e. The molecule has 0 bridgehead atoms. The zero-order valence-electron chi connectivity index (χ0n) is 16.9. The molecule has 0 spiro atoms. The number of ether oxygens (including phenoxy) is 1. The highest BCUT2D eigenvalue weighted by molar-refractivity contribution is 6.06. The highest BCUT2D eigenvalue weighted by Gasteiger charge is 2.18. The van der Waals surface area contributed by atoms with E-state index >= 15 is 0 Å². The minimum atomic E-state index is -0.927. The molecule has 0 aliphatic heterocycles. The molecular formula is C22H17N3O7. The van der Waals surface area contributed by atoms with Gasteiger partial charge in [-0.2, -0.15) is 10.4 Å². The van der Waals surface area contributed by atoms with Crippen molar-refractivity contribution in [1.29, 1.82) is 5.26 Å². The van der Waals surface area contributed by atoms with Gasteiger partial charge in [-0.15, -0.1) is 0 Å². The number of nitrogens with zero attached hydrogens (tertiary/aromatic N) is 2. The number of aromatic hydroxyl groups is 3. The number of methoxy groups -OCH3 is 1. The Kier molecular flexibility index (Phi) is 6.11. The molecule has 3 rings (SSSR count). The molecular weight excluding hydrogens is 418 g/mol. The van der Waals surface area contributed by atoms with Gasteiger partial charge in [0.2, 0.25) is 0 Å². The summed E-state index contributed by atoms with van der Waals surface area (Å²) < 4.78 is 10.1. The lowest BCUT2D eigenvalue weighted by Gasteiger charge is -2.07. The lowest BCUT2D eigenvalue weighted by Crippen LogP contribution is -2.22. The van der Waals surface area contributed by atoms with Gasteiger partial charge in [0.25, 0.3) is 5.91 Å². The molecule has 162 valence electrons. The van der Waals surface area contributed by atoms with Crippen molar-refractivity contribution in [1.82, 2.24) is 5.43 Å². The van der Waals surface area contributed by atoms with Crippen molar-refractivity contribution >= 4 is 28.7 Å². The van der Waals surface area contributed by atoms with Gasteiger partial charge in [0.15, 0.2) is 11.5 Å². The van der Waals surface area contributed by atoms with E-state index in [0.717, 1.165) is 0 Å². The summed E-state index contributed by atoms with van der Waals surface area (Å²) >= 11 is 0. The Balaban J connectivity index is 1.90. The van der Waals surface area contributed by atoms with Crippen molar-refractivity contribution in [3.63, 3.8) is 0 Å². The second kappa shape index (κ2) is 8.93. The molecule has 10 nitrogen and oxygen atoms in total. The zero-order valence-corrected chi connectivity index (χ0v) is 16.9. The summed E-state index contributed by atoms with van der Waals surface area (Å²) in [6.07, 6.45) is 1.26. The maximum absolute atomic E-state index is 12.4. The molecule has 0 radical (unpaired) electrons. The summed E-state index contributed by atoms with van der Waals surface area (Å²) in [5, 5.41) is 42.9. The first-order valence-electron chi connectivity index (χ1n) is 9.07. The van der Waals surface area contributed by atoms with Crippen molar-refractivity contribution in [2.75, 3.05) is 7.11 Å². The number of rotatable bonds is 5. The Bertz CT molecular complexity index is 1380. The third-order valence-electron chi connectivity index (χ3n) is 4.43. The average molecular weight is 435 g/mol. The third-order valence-corrected chi connectivity index (χ3v) is 4.43.